The van der Waals surface area contributed by atoms with Crippen molar-refractivity contribution in [2.45, 2.75) is 30.7 Å². The van der Waals surface area contributed by atoms with E-state index in [1.54, 1.807) is 31.2 Å². The van der Waals surface area contributed by atoms with Crippen molar-refractivity contribution in [2.75, 3.05) is 18.1 Å². The summed E-state index contributed by atoms with van der Waals surface area (Å²) in [7, 11) is -3.87. The molecule has 1 fully saturated rings. The number of amides is 3. The van der Waals surface area contributed by atoms with E-state index in [2.05, 4.69) is 0 Å². The van der Waals surface area contributed by atoms with Crippen LogP contribution in [0.4, 0.5) is 5.69 Å². The molecule has 36 heavy (non-hydrogen) atoms. The second-order valence-electron chi connectivity index (χ2n) is 7.86. The Kier molecular flexibility index (Phi) is 8.22. The number of nitrogens with zero attached hydrogens (tertiary/aromatic N) is 2. The number of anilines is 1. The van der Waals surface area contributed by atoms with Gasteiger partial charge in [0.2, 0.25) is 21.8 Å². The Balaban J connectivity index is 1.86. The molecule has 3 amide bonds. The van der Waals surface area contributed by atoms with E-state index in [0.29, 0.717) is 29.7 Å². The van der Waals surface area contributed by atoms with Crippen molar-refractivity contribution in [3.63, 3.8) is 0 Å². The minimum Gasteiger partial charge on any atom is -0.494 e. The lowest BCUT2D eigenvalue weighted by Gasteiger charge is -2.26. The molecule has 190 valence electrons. The molecule has 2 aromatic carbocycles. The number of hydrogen-bond acceptors (Lipinski definition) is 7. The van der Waals surface area contributed by atoms with Gasteiger partial charge in [0.05, 0.1) is 23.6 Å². The Hall–Kier alpha value is -4.03. The van der Waals surface area contributed by atoms with Crippen LogP contribution in [0.3, 0.4) is 0 Å². The van der Waals surface area contributed by atoms with Gasteiger partial charge in [-0.15, -0.1) is 0 Å². The van der Waals surface area contributed by atoms with Gasteiger partial charge in [0, 0.05) is 24.8 Å². The zero-order valence-corrected chi connectivity index (χ0v) is 20.2. The molecule has 0 spiro atoms. The van der Waals surface area contributed by atoms with Gasteiger partial charge < -0.3 is 14.7 Å². The number of imide groups is 1. The van der Waals surface area contributed by atoms with E-state index in [0.717, 1.165) is 15.9 Å². The van der Waals surface area contributed by atoms with Crippen molar-refractivity contribution in [1.82, 2.24) is 4.90 Å². The predicted octanol–water partition coefficient (Wildman–Crippen LogP) is 1.08. The molecular weight excluding hydrogens is 490 g/mol. The molecule has 1 heterocycles. The number of nitrogens with two attached hydrogens (primary N) is 1. The Morgan fingerprint density at radius 3 is 2.47 bits per heavy atom. The summed E-state index contributed by atoms with van der Waals surface area (Å²) in [6.07, 6.45) is 1.40. The van der Waals surface area contributed by atoms with Crippen molar-refractivity contribution in [3.05, 3.63) is 66.2 Å². The lowest BCUT2D eigenvalue weighted by Crippen LogP contribution is -2.46. The number of carbonyl (C=O) groups is 4. The van der Waals surface area contributed by atoms with Gasteiger partial charge in [-0.25, -0.2) is 23.3 Å². The standard InChI is InChI=1S/C24H25N3O8S/c1-2-35-18-5-3-4-17(14-18)27-22(29)15-20(24(27)32)26(21(28)10-11-23(30)31)13-12-16-6-8-19(9-7-16)36(25,33)34/h3-11,14,20H,2,12-13,15H2,1H3,(H,30,31)(H2,25,33,34)/b11-10+. The fourth-order valence-corrected chi connectivity index (χ4v) is 4.28. The Morgan fingerprint density at radius 2 is 1.86 bits per heavy atom. The second kappa shape index (κ2) is 11.1. The van der Waals surface area contributed by atoms with Crippen LogP contribution in [0.2, 0.25) is 0 Å². The molecule has 0 saturated carbocycles. The van der Waals surface area contributed by atoms with Crippen LogP contribution in [0.25, 0.3) is 0 Å². The maximum absolute atomic E-state index is 13.3. The maximum Gasteiger partial charge on any atom is 0.328 e. The Bertz CT molecular complexity index is 1300. The normalized spacial score (nSPS) is 15.9. The van der Waals surface area contributed by atoms with E-state index in [4.69, 9.17) is 15.0 Å². The number of hydrogen-bond donors (Lipinski definition) is 2. The van der Waals surface area contributed by atoms with Gasteiger partial charge >= 0.3 is 5.97 Å². The zero-order valence-electron chi connectivity index (χ0n) is 19.4. The van der Waals surface area contributed by atoms with E-state index in [1.807, 2.05) is 0 Å². The molecule has 3 N–H and O–H groups in total. The molecule has 3 rings (SSSR count). The van der Waals surface area contributed by atoms with Crippen LogP contribution in [0.1, 0.15) is 18.9 Å². The van der Waals surface area contributed by atoms with E-state index in [9.17, 15) is 27.6 Å². The summed E-state index contributed by atoms with van der Waals surface area (Å²) in [5, 5.41) is 14.0. The van der Waals surface area contributed by atoms with Gasteiger partial charge in [-0.05, 0) is 43.2 Å². The minimum atomic E-state index is -3.87. The first-order valence-electron chi connectivity index (χ1n) is 10.9. The van der Waals surface area contributed by atoms with Gasteiger partial charge in [0.25, 0.3) is 5.91 Å². The van der Waals surface area contributed by atoms with Crippen molar-refractivity contribution < 1.29 is 37.4 Å². The second-order valence-corrected chi connectivity index (χ2v) is 9.42. The first kappa shape index (κ1) is 26.6. The highest BCUT2D eigenvalue weighted by Crippen LogP contribution is 2.29. The summed E-state index contributed by atoms with van der Waals surface area (Å²) < 4.78 is 28.4. The van der Waals surface area contributed by atoms with Crippen molar-refractivity contribution in [2.24, 2.45) is 5.14 Å². The molecule has 0 aliphatic carbocycles. The molecule has 1 aliphatic rings. The number of sulfonamides is 1. The molecule has 12 heteroatoms. The van der Waals surface area contributed by atoms with Gasteiger partial charge in [-0.2, -0.15) is 0 Å². The fourth-order valence-electron chi connectivity index (χ4n) is 3.76. The molecule has 1 saturated heterocycles. The van der Waals surface area contributed by atoms with Crippen LogP contribution in [0.5, 0.6) is 5.75 Å². The van der Waals surface area contributed by atoms with Crippen LogP contribution < -0.4 is 14.8 Å². The number of aliphatic carboxylic acids is 1. The summed E-state index contributed by atoms with van der Waals surface area (Å²) in [6.45, 7) is 2.16. The summed E-state index contributed by atoms with van der Waals surface area (Å²) in [4.78, 5) is 51.9. The summed E-state index contributed by atoms with van der Waals surface area (Å²) in [6, 6.07) is 11.0. The van der Waals surface area contributed by atoms with Crippen molar-refractivity contribution in [1.29, 1.82) is 0 Å². The minimum absolute atomic E-state index is 0.0337. The molecule has 0 aromatic heterocycles. The molecule has 11 nitrogen and oxygen atoms in total. The maximum atomic E-state index is 13.3. The lowest BCUT2D eigenvalue weighted by atomic mass is 10.1. The average molecular weight is 516 g/mol. The van der Waals surface area contributed by atoms with Crippen LogP contribution in [0.15, 0.2) is 65.6 Å². The van der Waals surface area contributed by atoms with Crippen molar-refractivity contribution >= 4 is 39.4 Å². The fraction of sp³-hybridized carbons (Fsp3) is 0.250. The van der Waals surface area contributed by atoms with Crippen LogP contribution in [-0.2, 0) is 35.6 Å². The van der Waals surface area contributed by atoms with E-state index < -0.39 is 39.8 Å². The highest BCUT2D eigenvalue weighted by atomic mass is 32.2. The predicted molar refractivity (Wildman–Crippen MR) is 129 cm³/mol. The molecule has 1 atom stereocenters. The third-order valence-corrected chi connectivity index (χ3v) is 6.36. The topological polar surface area (TPSA) is 164 Å². The average Bonchev–Trinajstić information content (AvgIpc) is 3.11. The largest absolute Gasteiger partial charge is 0.494 e. The monoisotopic (exact) mass is 515 g/mol. The van der Waals surface area contributed by atoms with Crippen LogP contribution in [0, 0.1) is 0 Å². The number of carboxylic acids is 1. The summed E-state index contributed by atoms with van der Waals surface area (Å²) >= 11 is 0. The Morgan fingerprint density at radius 1 is 1.17 bits per heavy atom. The number of rotatable bonds is 10. The lowest BCUT2D eigenvalue weighted by molar-refractivity contribution is -0.135. The first-order chi connectivity index (χ1) is 17.0. The van der Waals surface area contributed by atoms with E-state index in [1.165, 1.54) is 24.3 Å². The molecule has 2 aromatic rings. The SMILES string of the molecule is CCOc1cccc(N2C(=O)CC(N(CCc3ccc(S(N)(=O)=O)cc3)C(=O)/C=C/C(=O)O)C2=O)c1. The molecule has 0 bridgehead atoms. The molecule has 0 radical (unpaired) electrons. The van der Waals surface area contributed by atoms with Crippen LogP contribution >= 0.6 is 0 Å². The molecule has 1 aliphatic heterocycles. The third-order valence-electron chi connectivity index (χ3n) is 5.43. The van der Waals surface area contributed by atoms with E-state index in [-0.39, 0.29) is 24.3 Å². The number of carboxylic acid groups (broad SMARTS) is 1. The zero-order chi connectivity index (χ0) is 26.5. The van der Waals surface area contributed by atoms with Gasteiger partial charge in [0.1, 0.15) is 11.8 Å². The third kappa shape index (κ3) is 6.34. The number of benzene rings is 2. The Labute approximate surface area is 207 Å². The molecular formula is C24H25N3O8S. The highest BCUT2D eigenvalue weighted by molar-refractivity contribution is 7.89. The van der Waals surface area contributed by atoms with E-state index >= 15 is 0 Å². The highest BCUT2D eigenvalue weighted by Gasteiger charge is 2.44. The number of ether oxygens (including phenoxy) is 1. The number of primary sulfonamides is 1. The summed E-state index contributed by atoms with van der Waals surface area (Å²) in [5.74, 6) is -2.77. The van der Waals surface area contributed by atoms with Gasteiger partial charge in [-0.3, -0.25) is 14.4 Å². The van der Waals surface area contributed by atoms with Crippen molar-refractivity contribution in [3.8, 4) is 5.75 Å². The van der Waals surface area contributed by atoms with Gasteiger partial charge in [-0.1, -0.05) is 18.2 Å². The number of carbonyl (C=O) groups excluding carboxylic acids is 3. The quantitative estimate of drug-likeness (QED) is 0.350. The first-order valence-corrected chi connectivity index (χ1v) is 12.5. The molecule has 1 unspecified atom stereocenters. The summed E-state index contributed by atoms with van der Waals surface area (Å²) in [5.41, 5.74) is 0.936. The van der Waals surface area contributed by atoms with Gasteiger partial charge in [0.15, 0.2) is 0 Å². The smallest absolute Gasteiger partial charge is 0.328 e. The van der Waals surface area contributed by atoms with Crippen LogP contribution in [-0.4, -0.2) is 61.3 Å².